The maximum Gasteiger partial charge on any atom is 0.257 e. The normalized spacial score (nSPS) is 20.9. The van der Waals surface area contributed by atoms with Crippen LogP contribution in [-0.2, 0) is 27.7 Å². The van der Waals surface area contributed by atoms with Gasteiger partial charge >= 0.3 is 0 Å². The maximum absolute atomic E-state index is 11.2. The molecule has 2 heterocycles. The Morgan fingerprint density at radius 3 is 2.94 bits per heavy atom. The van der Waals surface area contributed by atoms with Crippen LogP contribution in [0.5, 0.6) is 0 Å². The van der Waals surface area contributed by atoms with E-state index in [9.17, 15) is 8.42 Å². The van der Waals surface area contributed by atoms with Crippen LogP contribution in [0.1, 0.15) is 19.2 Å². The van der Waals surface area contributed by atoms with Crippen molar-refractivity contribution in [1.29, 1.82) is 0 Å². The Morgan fingerprint density at radius 2 is 2.41 bits per heavy atom. The van der Waals surface area contributed by atoms with E-state index in [4.69, 9.17) is 9.88 Å². The second-order valence-corrected chi connectivity index (χ2v) is 5.78. The van der Waals surface area contributed by atoms with Gasteiger partial charge in [-0.2, -0.15) is 0 Å². The van der Waals surface area contributed by atoms with Crippen LogP contribution in [0.2, 0.25) is 0 Å². The third-order valence-electron chi connectivity index (χ3n) is 2.92. The largest absolute Gasteiger partial charge is 0.381 e. The SMILES string of the molecule is CCc1nc(S(N)(=O)=O)cn1CC1CCOC1. The van der Waals surface area contributed by atoms with E-state index in [1.165, 1.54) is 6.20 Å². The topological polar surface area (TPSA) is 87.2 Å². The van der Waals surface area contributed by atoms with Crippen LogP contribution in [0, 0.1) is 5.92 Å². The lowest BCUT2D eigenvalue weighted by Crippen LogP contribution is -2.13. The number of nitrogens with two attached hydrogens (primary N) is 1. The van der Waals surface area contributed by atoms with Crippen molar-refractivity contribution in [1.82, 2.24) is 9.55 Å². The van der Waals surface area contributed by atoms with Crippen LogP contribution in [0.3, 0.4) is 0 Å². The van der Waals surface area contributed by atoms with E-state index in [-0.39, 0.29) is 5.03 Å². The van der Waals surface area contributed by atoms with Crippen molar-refractivity contribution >= 4 is 10.0 Å². The van der Waals surface area contributed by atoms with Crippen LogP contribution >= 0.6 is 0 Å². The Balaban J connectivity index is 2.23. The van der Waals surface area contributed by atoms with E-state index in [2.05, 4.69) is 4.98 Å². The molecule has 0 aromatic carbocycles. The molecule has 1 atom stereocenters. The minimum atomic E-state index is -3.71. The van der Waals surface area contributed by atoms with E-state index < -0.39 is 10.0 Å². The monoisotopic (exact) mass is 259 g/mol. The minimum Gasteiger partial charge on any atom is -0.381 e. The Bertz CT molecular complexity index is 489. The molecule has 1 aromatic rings. The molecule has 17 heavy (non-hydrogen) atoms. The van der Waals surface area contributed by atoms with Crippen LogP contribution in [-0.4, -0.2) is 31.2 Å². The molecule has 96 valence electrons. The Kier molecular flexibility index (Phi) is 3.50. The van der Waals surface area contributed by atoms with Gasteiger partial charge in [0.2, 0.25) is 0 Å². The molecular weight excluding hydrogens is 242 g/mol. The Labute approximate surface area is 101 Å². The fraction of sp³-hybridized carbons (Fsp3) is 0.700. The molecule has 0 radical (unpaired) electrons. The summed E-state index contributed by atoms with van der Waals surface area (Å²) in [7, 11) is -3.71. The summed E-state index contributed by atoms with van der Waals surface area (Å²) in [6.07, 6.45) is 3.21. The first-order chi connectivity index (χ1) is 8.00. The smallest absolute Gasteiger partial charge is 0.257 e. The fourth-order valence-electron chi connectivity index (χ4n) is 2.01. The van der Waals surface area contributed by atoms with Crippen LogP contribution in [0.25, 0.3) is 0 Å². The second-order valence-electron chi connectivity index (χ2n) is 4.28. The van der Waals surface area contributed by atoms with E-state index in [1.54, 1.807) is 0 Å². The number of nitrogens with zero attached hydrogens (tertiary/aromatic N) is 2. The quantitative estimate of drug-likeness (QED) is 0.832. The molecule has 0 aliphatic carbocycles. The average molecular weight is 259 g/mol. The van der Waals surface area contributed by atoms with Gasteiger partial charge in [-0.15, -0.1) is 0 Å². The molecule has 2 rings (SSSR count). The number of aryl methyl sites for hydroxylation is 1. The number of primary sulfonamides is 1. The zero-order chi connectivity index (χ0) is 12.5. The Morgan fingerprint density at radius 1 is 1.65 bits per heavy atom. The zero-order valence-corrected chi connectivity index (χ0v) is 10.6. The predicted octanol–water partition coefficient (Wildman–Crippen LogP) is 0.129. The van der Waals surface area contributed by atoms with Gasteiger partial charge in [0.05, 0.1) is 6.61 Å². The molecule has 2 N–H and O–H groups in total. The van der Waals surface area contributed by atoms with Crippen molar-refractivity contribution in [3.8, 4) is 0 Å². The number of hydrogen-bond donors (Lipinski definition) is 1. The summed E-state index contributed by atoms with van der Waals surface area (Å²) in [5.41, 5.74) is 0. The van der Waals surface area contributed by atoms with Gasteiger partial charge in [0.25, 0.3) is 10.0 Å². The highest BCUT2D eigenvalue weighted by molar-refractivity contribution is 7.89. The first kappa shape index (κ1) is 12.5. The molecule has 0 bridgehead atoms. The van der Waals surface area contributed by atoms with Gasteiger partial charge in [0.15, 0.2) is 5.03 Å². The van der Waals surface area contributed by atoms with Crippen molar-refractivity contribution in [3.63, 3.8) is 0 Å². The summed E-state index contributed by atoms with van der Waals surface area (Å²) in [6, 6.07) is 0. The molecule has 1 saturated heterocycles. The van der Waals surface area contributed by atoms with Crippen LogP contribution < -0.4 is 5.14 Å². The van der Waals surface area contributed by atoms with E-state index in [0.717, 1.165) is 32.0 Å². The molecule has 0 amide bonds. The van der Waals surface area contributed by atoms with Crippen molar-refractivity contribution in [2.24, 2.45) is 11.1 Å². The summed E-state index contributed by atoms with van der Waals surface area (Å²) >= 11 is 0. The van der Waals surface area contributed by atoms with E-state index in [0.29, 0.717) is 12.3 Å². The highest BCUT2D eigenvalue weighted by Gasteiger charge is 2.20. The molecule has 7 heteroatoms. The van der Waals surface area contributed by atoms with E-state index >= 15 is 0 Å². The van der Waals surface area contributed by atoms with Gasteiger partial charge < -0.3 is 9.30 Å². The fourth-order valence-corrected chi connectivity index (χ4v) is 2.52. The third kappa shape index (κ3) is 2.85. The number of rotatable bonds is 4. The molecule has 1 aliphatic rings. The summed E-state index contributed by atoms with van der Waals surface area (Å²) in [4.78, 5) is 4.05. The van der Waals surface area contributed by atoms with Gasteiger partial charge in [-0.05, 0) is 6.42 Å². The lowest BCUT2D eigenvalue weighted by atomic mass is 10.1. The van der Waals surface area contributed by atoms with Crippen molar-refractivity contribution < 1.29 is 13.2 Å². The number of sulfonamides is 1. The summed E-state index contributed by atoms with van der Waals surface area (Å²) in [6.45, 7) is 4.19. The van der Waals surface area contributed by atoms with Gasteiger partial charge in [-0.25, -0.2) is 18.5 Å². The molecule has 1 aliphatic heterocycles. The van der Waals surface area contributed by atoms with Gasteiger partial charge in [0, 0.05) is 31.7 Å². The van der Waals surface area contributed by atoms with Crippen LogP contribution in [0.15, 0.2) is 11.2 Å². The van der Waals surface area contributed by atoms with Crippen molar-refractivity contribution in [2.45, 2.75) is 31.3 Å². The first-order valence-corrected chi connectivity index (χ1v) is 7.22. The van der Waals surface area contributed by atoms with Gasteiger partial charge in [-0.3, -0.25) is 0 Å². The van der Waals surface area contributed by atoms with E-state index in [1.807, 2.05) is 11.5 Å². The number of ether oxygens (including phenoxy) is 1. The molecule has 1 fully saturated rings. The molecule has 1 aromatic heterocycles. The lowest BCUT2D eigenvalue weighted by Gasteiger charge is -2.10. The Hall–Kier alpha value is -0.920. The number of aromatic nitrogens is 2. The lowest BCUT2D eigenvalue weighted by molar-refractivity contribution is 0.182. The number of imidazole rings is 1. The molecule has 0 spiro atoms. The van der Waals surface area contributed by atoms with Crippen LogP contribution in [0.4, 0.5) is 0 Å². The van der Waals surface area contributed by atoms with Gasteiger partial charge in [-0.1, -0.05) is 6.92 Å². The van der Waals surface area contributed by atoms with Crippen molar-refractivity contribution in [2.75, 3.05) is 13.2 Å². The predicted molar refractivity (Wildman–Crippen MR) is 61.9 cm³/mol. The number of hydrogen-bond acceptors (Lipinski definition) is 4. The second kappa shape index (κ2) is 4.75. The van der Waals surface area contributed by atoms with Crippen molar-refractivity contribution in [3.05, 3.63) is 12.0 Å². The average Bonchev–Trinajstić information content (AvgIpc) is 2.86. The highest BCUT2D eigenvalue weighted by atomic mass is 32.2. The standard InChI is InChI=1S/C10H17N3O3S/c1-2-9-12-10(17(11,14)15)6-13(9)5-8-3-4-16-7-8/h6,8H,2-5,7H2,1H3,(H2,11,14,15). The summed E-state index contributed by atoms with van der Waals surface area (Å²) in [5, 5.41) is 5.03. The summed E-state index contributed by atoms with van der Waals surface area (Å²) in [5.74, 6) is 1.18. The summed E-state index contributed by atoms with van der Waals surface area (Å²) < 4.78 is 29.6. The molecule has 0 saturated carbocycles. The minimum absolute atomic E-state index is 0.0479. The third-order valence-corrected chi connectivity index (χ3v) is 3.70. The van der Waals surface area contributed by atoms with Gasteiger partial charge in [0.1, 0.15) is 5.82 Å². The maximum atomic E-state index is 11.2. The molecule has 6 nitrogen and oxygen atoms in total. The molecule has 1 unspecified atom stereocenters. The first-order valence-electron chi connectivity index (χ1n) is 5.67. The highest BCUT2D eigenvalue weighted by Crippen LogP contribution is 2.17. The molecular formula is C10H17N3O3S. The zero-order valence-electron chi connectivity index (χ0n) is 9.80.